The Balaban J connectivity index is 1.86. The Labute approximate surface area is 160 Å². The third-order valence-electron chi connectivity index (χ3n) is 4.83. The normalized spacial score (nSPS) is 14.7. The Morgan fingerprint density at radius 3 is 2.65 bits per heavy atom. The first kappa shape index (κ1) is 15.4. The number of fused-ring (bicyclic) bond motifs is 2. The molecule has 0 unspecified atom stereocenters. The number of para-hydroxylation sites is 2. The Morgan fingerprint density at radius 2 is 1.73 bits per heavy atom. The van der Waals surface area contributed by atoms with Crippen LogP contribution in [0.25, 0.3) is 22.0 Å². The standard InChI is InChI=1S/C23H15BrN2/c24-16-7-5-6-15(12-16)23(19-13-25-21-10-3-1-8-17(19)21)20-14-26-22-11-4-2-9-18(20)22/h1-14,25H/p+1/b23-20+. The van der Waals surface area contributed by atoms with Crippen molar-refractivity contribution in [1.29, 1.82) is 0 Å². The molecule has 0 saturated heterocycles. The van der Waals surface area contributed by atoms with Crippen LogP contribution < -0.4 is 4.99 Å². The predicted octanol–water partition coefficient (Wildman–Crippen LogP) is 4.69. The van der Waals surface area contributed by atoms with Crippen LogP contribution >= 0.6 is 15.9 Å². The Bertz CT molecular complexity index is 1200. The molecule has 4 aromatic rings. The van der Waals surface area contributed by atoms with Gasteiger partial charge in [0.2, 0.25) is 5.69 Å². The molecule has 124 valence electrons. The van der Waals surface area contributed by atoms with E-state index in [2.05, 4.69) is 111 Å². The topological polar surface area (TPSA) is 29.8 Å². The van der Waals surface area contributed by atoms with E-state index in [9.17, 15) is 0 Å². The maximum absolute atomic E-state index is 3.63. The monoisotopic (exact) mass is 399 g/mol. The van der Waals surface area contributed by atoms with Crippen molar-refractivity contribution < 1.29 is 4.99 Å². The van der Waals surface area contributed by atoms with E-state index in [0.29, 0.717) is 0 Å². The third kappa shape index (κ3) is 2.44. The molecule has 3 aromatic carbocycles. The van der Waals surface area contributed by atoms with Crippen molar-refractivity contribution in [3.05, 3.63) is 100 Å². The zero-order valence-corrected chi connectivity index (χ0v) is 15.5. The van der Waals surface area contributed by atoms with Crippen molar-refractivity contribution in [2.75, 3.05) is 0 Å². The highest BCUT2D eigenvalue weighted by Gasteiger charge is 2.24. The molecule has 0 aliphatic carbocycles. The van der Waals surface area contributed by atoms with E-state index in [1.54, 1.807) is 0 Å². The average molecular weight is 400 g/mol. The fraction of sp³-hybridized carbons (Fsp3) is 0. The first-order valence-corrected chi connectivity index (χ1v) is 9.36. The molecule has 0 fully saturated rings. The lowest BCUT2D eigenvalue weighted by atomic mass is 9.90. The van der Waals surface area contributed by atoms with Crippen molar-refractivity contribution >= 4 is 49.9 Å². The summed E-state index contributed by atoms with van der Waals surface area (Å²) < 4.78 is 1.08. The molecular weight excluding hydrogens is 384 g/mol. The average Bonchev–Trinajstić information content (AvgIpc) is 3.28. The summed E-state index contributed by atoms with van der Waals surface area (Å²) in [6, 6.07) is 25.4. The van der Waals surface area contributed by atoms with Crippen LogP contribution in [0.2, 0.25) is 0 Å². The quantitative estimate of drug-likeness (QED) is 0.489. The summed E-state index contributed by atoms with van der Waals surface area (Å²) in [5, 5.41) is 1.23. The molecule has 2 heterocycles. The number of aromatic amines is 1. The number of allylic oxidation sites excluding steroid dienone is 1. The van der Waals surface area contributed by atoms with Gasteiger partial charge in [0.15, 0.2) is 6.21 Å². The van der Waals surface area contributed by atoms with Crippen LogP contribution in [0.15, 0.2) is 83.5 Å². The minimum atomic E-state index is 1.08. The molecule has 0 saturated carbocycles. The fourth-order valence-corrected chi connectivity index (χ4v) is 4.06. The van der Waals surface area contributed by atoms with E-state index >= 15 is 0 Å². The number of hydrogen-bond donors (Lipinski definition) is 2. The maximum atomic E-state index is 3.63. The van der Waals surface area contributed by atoms with Gasteiger partial charge in [-0.1, -0.05) is 58.4 Å². The number of rotatable bonds is 2. The van der Waals surface area contributed by atoms with Gasteiger partial charge in [0.25, 0.3) is 0 Å². The summed E-state index contributed by atoms with van der Waals surface area (Å²) in [7, 11) is 0. The molecule has 1 aliphatic heterocycles. The molecule has 26 heavy (non-hydrogen) atoms. The second-order valence-corrected chi connectivity index (χ2v) is 7.30. The summed E-state index contributed by atoms with van der Waals surface area (Å²) in [4.78, 5) is 6.84. The van der Waals surface area contributed by atoms with Gasteiger partial charge >= 0.3 is 0 Å². The zero-order valence-electron chi connectivity index (χ0n) is 14.0. The van der Waals surface area contributed by atoms with E-state index in [1.807, 2.05) is 0 Å². The first-order chi connectivity index (χ1) is 12.8. The number of hydrogen-bond acceptors (Lipinski definition) is 0. The van der Waals surface area contributed by atoms with E-state index in [4.69, 9.17) is 0 Å². The van der Waals surface area contributed by atoms with Crippen molar-refractivity contribution in [2.24, 2.45) is 0 Å². The van der Waals surface area contributed by atoms with Gasteiger partial charge < -0.3 is 4.98 Å². The number of nitrogens with one attached hydrogen (secondary N) is 2. The van der Waals surface area contributed by atoms with E-state index in [-0.39, 0.29) is 0 Å². The SMILES string of the molecule is Brc1cccc(/C(=C2/C=[NH+]c3ccccc32)c2c[nH]c3ccccc23)c1. The Kier molecular flexibility index (Phi) is 3.61. The van der Waals surface area contributed by atoms with Crippen LogP contribution in [0.3, 0.4) is 0 Å². The summed E-state index contributed by atoms with van der Waals surface area (Å²) in [6.45, 7) is 0. The Morgan fingerprint density at radius 1 is 0.885 bits per heavy atom. The van der Waals surface area contributed by atoms with Crippen LogP contribution in [0.4, 0.5) is 5.69 Å². The van der Waals surface area contributed by atoms with E-state index in [1.165, 1.54) is 33.2 Å². The lowest BCUT2D eigenvalue weighted by Crippen LogP contribution is -2.58. The van der Waals surface area contributed by atoms with Gasteiger partial charge in [0, 0.05) is 38.8 Å². The van der Waals surface area contributed by atoms with Gasteiger partial charge in [-0.05, 0) is 29.8 Å². The minimum absolute atomic E-state index is 1.08. The van der Waals surface area contributed by atoms with Crippen molar-refractivity contribution in [3.8, 4) is 0 Å². The predicted molar refractivity (Wildman–Crippen MR) is 111 cm³/mol. The largest absolute Gasteiger partial charge is 0.361 e. The number of halogens is 1. The summed E-state index contributed by atoms with van der Waals surface area (Å²) in [6.07, 6.45) is 4.23. The van der Waals surface area contributed by atoms with Gasteiger partial charge in [-0.25, -0.2) is 4.99 Å². The summed E-state index contributed by atoms with van der Waals surface area (Å²) >= 11 is 3.63. The molecular formula is C23H16BrN2+. The lowest BCUT2D eigenvalue weighted by Gasteiger charge is -2.11. The second-order valence-electron chi connectivity index (χ2n) is 6.38. The molecule has 0 amide bonds. The van der Waals surface area contributed by atoms with Gasteiger partial charge in [0.1, 0.15) is 0 Å². The van der Waals surface area contributed by atoms with E-state index < -0.39 is 0 Å². The fourth-order valence-electron chi connectivity index (χ4n) is 3.66. The number of H-pyrrole nitrogens is 1. The van der Waals surface area contributed by atoms with Crippen molar-refractivity contribution in [3.63, 3.8) is 0 Å². The maximum Gasteiger partial charge on any atom is 0.211 e. The smallest absolute Gasteiger partial charge is 0.211 e. The van der Waals surface area contributed by atoms with Crippen molar-refractivity contribution in [1.82, 2.24) is 4.98 Å². The molecule has 2 N–H and O–H groups in total. The van der Waals surface area contributed by atoms with Crippen molar-refractivity contribution in [2.45, 2.75) is 0 Å². The highest BCUT2D eigenvalue weighted by molar-refractivity contribution is 9.10. The highest BCUT2D eigenvalue weighted by Crippen LogP contribution is 2.38. The summed E-state index contributed by atoms with van der Waals surface area (Å²) in [5.74, 6) is 0. The van der Waals surface area contributed by atoms with Crippen LogP contribution in [0.1, 0.15) is 16.7 Å². The van der Waals surface area contributed by atoms with Gasteiger partial charge in [-0.15, -0.1) is 0 Å². The minimum Gasteiger partial charge on any atom is -0.361 e. The first-order valence-electron chi connectivity index (χ1n) is 8.57. The molecule has 0 radical (unpaired) electrons. The molecule has 1 aliphatic rings. The van der Waals surface area contributed by atoms with Gasteiger partial charge in [0.05, 0.1) is 11.1 Å². The molecule has 0 spiro atoms. The molecule has 0 bridgehead atoms. The van der Waals surface area contributed by atoms with Crippen LogP contribution in [-0.2, 0) is 0 Å². The zero-order chi connectivity index (χ0) is 17.5. The Hall–Kier alpha value is -2.91. The molecule has 1 aromatic heterocycles. The third-order valence-corrected chi connectivity index (χ3v) is 5.32. The molecule has 0 atom stereocenters. The molecule has 2 nitrogen and oxygen atoms in total. The van der Waals surface area contributed by atoms with Crippen LogP contribution in [0.5, 0.6) is 0 Å². The second kappa shape index (κ2) is 6.11. The molecule has 3 heteroatoms. The van der Waals surface area contributed by atoms with Gasteiger partial charge in [-0.3, -0.25) is 0 Å². The summed E-state index contributed by atoms with van der Waals surface area (Å²) in [5.41, 5.74) is 8.36. The number of benzene rings is 3. The molecule has 5 rings (SSSR count). The number of aromatic nitrogens is 1. The highest BCUT2D eigenvalue weighted by atomic mass is 79.9. The lowest BCUT2D eigenvalue weighted by molar-refractivity contribution is -0.342. The van der Waals surface area contributed by atoms with Crippen LogP contribution in [0, 0.1) is 0 Å². The van der Waals surface area contributed by atoms with Gasteiger partial charge in [-0.2, -0.15) is 0 Å². The van der Waals surface area contributed by atoms with E-state index in [0.717, 1.165) is 15.7 Å². The van der Waals surface area contributed by atoms with Crippen LogP contribution in [-0.4, -0.2) is 11.2 Å².